The van der Waals surface area contributed by atoms with Crippen molar-refractivity contribution < 1.29 is 41.7 Å². The van der Waals surface area contributed by atoms with E-state index in [-0.39, 0.29) is 39.1 Å². The molecular formula is C29H26ClF4NO5. The molecule has 0 aliphatic carbocycles. The van der Waals surface area contributed by atoms with Crippen LogP contribution in [-0.4, -0.2) is 42.7 Å². The third-order valence-corrected chi connectivity index (χ3v) is 7.15. The number of carbonyl (C=O) groups is 2. The van der Waals surface area contributed by atoms with Crippen molar-refractivity contribution in [2.24, 2.45) is 0 Å². The largest absolute Gasteiger partial charge is 0.496 e. The Morgan fingerprint density at radius 2 is 1.82 bits per heavy atom. The Morgan fingerprint density at radius 3 is 2.42 bits per heavy atom. The van der Waals surface area contributed by atoms with Gasteiger partial charge in [-0.15, -0.1) is 0 Å². The maximum atomic E-state index is 14.3. The number of hydrogen-bond acceptors (Lipinski definition) is 5. The van der Waals surface area contributed by atoms with Crippen molar-refractivity contribution in [2.75, 3.05) is 13.7 Å². The fourth-order valence-corrected chi connectivity index (χ4v) is 4.72. The van der Waals surface area contributed by atoms with Gasteiger partial charge >= 0.3 is 6.18 Å². The van der Waals surface area contributed by atoms with Gasteiger partial charge in [-0.3, -0.25) is 9.59 Å². The van der Waals surface area contributed by atoms with Crippen molar-refractivity contribution in [3.05, 3.63) is 82.1 Å². The maximum Gasteiger partial charge on any atom is 0.421 e. The van der Waals surface area contributed by atoms with E-state index in [0.29, 0.717) is 18.5 Å². The number of ether oxygens (including phenoxy) is 2. The molecule has 1 aliphatic rings. The summed E-state index contributed by atoms with van der Waals surface area (Å²) in [6, 6.07) is 11.5. The number of hydrogen-bond donors (Lipinski definition) is 2. The van der Waals surface area contributed by atoms with Gasteiger partial charge in [-0.1, -0.05) is 23.7 Å². The van der Waals surface area contributed by atoms with Crippen molar-refractivity contribution in [2.45, 2.75) is 44.1 Å². The average molecular weight is 580 g/mol. The van der Waals surface area contributed by atoms with Crippen LogP contribution in [0.5, 0.6) is 11.5 Å². The van der Waals surface area contributed by atoms with E-state index in [0.717, 1.165) is 12.1 Å². The number of Topliss-reactive ketones (excluding diaryl/α,β-unsaturated/α-hetero) is 1. The summed E-state index contributed by atoms with van der Waals surface area (Å²) in [5, 5.41) is 13.6. The molecule has 0 saturated carbocycles. The molecule has 212 valence electrons. The van der Waals surface area contributed by atoms with Crippen LogP contribution in [0.3, 0.4) is 0 Å². The molecule has 40 heavy (non-hydrogen) atoms. The summed E-state index contributed by atoms with van der Waals surface area (Å²) in [7, 11) is 1.34. The number of halogens is 5. The van der Waals surface area contributed by atoms with Gasteiger partial charge in [-0.05, 0) is 72.5 Å². The zero-order valence-corrected chi connectivity index (χ0v) is 22.3. The molecule has 4 rings (SSSR count). The van der Waals surface area contributed by atoms with E-state index >= 15 is 0 Å². The van der Waals surface area contributed by atoms with Crippen LogP contribution in [0.15, 0.2) is 54.6 Å². The van der Waals surface area contributed by atoms with Crippen molar-refractivity contribution in [1.29, 1.82) is 0 Å². The van der Waals surface area contributed by atoms with Crippen LogP contribution in [0.1, 0.15) is 40.7 Å². The van der Waals surface area contributed by atoms with Gasteiger partial charge in [0.1, 0.15) is 17.3 Å². The molecule has 0 bridgehead atoms. The first kappa shape index (κ1) is 29.4. The average Bonchev–Trinajstić information content (AvgIpc) is 3.32. The normalized spacial score (nSPS) is 16.8. The number of methoxy groups -OCH3 is 1. The zero-order valence-electron chi connectivity index (χ0n) is 21.6. The van der Waals surface area contributed by atoms with Gasteiger partial charge in [0.25, 0.3) is 5.91 Å². The number of carbonyl (C=O) groups excluding carboxylic acids is 2. The fourth-order valence-electron chi connectivity index (χ4n) is 4.50. The molecule has 6 nitrogen and oxygen atoms in total. The summed E-state index contributed by atoms with van der Waals surface area (Å²) in [6.07, 6.45) is -7.04. The second kappa shape index (κ2) is 11.5. The van der Waals surface area contributed by atoms with Gasteiger partial charge in [0.15, 0.2) is 17.5 Å². The summed E-state index contributed by atoms with van der Waals surface area (Å²) in [4.78, 5) is 24.6. The lowest BCUT2D eigenvalue weighted by Gasteiger charge is -2.31. The smallest absolute Gasteiger partial charge is 0.421 e. The quantitative estimate of drug-likeness (QED) is 0.235. The Bertz CT molecular complexity index is 1440. The standard InChI is InChI=1S/C29H26ClF4NO5/c1-16-13-17(3-6-22(16)31)20-15-19(5-8-24(20)39-2)28(38,29(32,33)34)11-9-23(36)18-4-7-25(21(30)14-18)40-26-10-12-35-27(26)37/h3-8,13-15,26,38H,9-12H2,1-2H3,(H,35,37)/t26-,28?/m0/s1. The molecule has 0 aromatic heterocycles. The first-order valence-corrected chi connectivity index (χ1v) is 12.7. The molecule has 3 aromatic carbocycles. The summed E-state index contributed by atoms with van der Waals surface area (Å²) in [5.41, 5.74) is -2.96. The predicted octanol–water partition coefficient (Wildman–Crippen LogP) is 6.14. The van der Waals surface area contributed by atoms with Crippen LogP contribution in [0, 0.1) is 12.7 Å². The maximum absolute atomic E-state index is 14.3. The number of alkyl halides is 3. The van der Waals surface area contributed by atoms with E-state index in [1.165, 1.54) is 56.5 Å². The molecule has 2 atom stereocenters. The predicted molar refractivity (Wildman–Crippen MR) is 140 cm³/mol. The minimum atomic E-state index is -5.13. The number of benzene rings is 3. The van der Waals surface area contributed by atoms with Gasteiger partial charge < -0.3 is 19.9 Å². The number of rotatable bonds is 9. The number of amides is 1. The van der Waals surface area contributed by atoms with Gasteiger partial charge in [-0.2, -0.15) is 13.2 Å². The van der Waals surface area contributed by atoms with Crippen molar-refractivity contribution in [1.82, 2.24) is 5.32 Å². The highest BCUT2D eigenvalue weighted by Crippen LogP contribution is 2.45. The van der Waals surface area contributed by atoms with Gasteiger partial charge in [-0.25, -0.2) is 4.39 Å². The number of nitrogens with one attached hydrogen (secondary N) is 1. The van der Waals surface area contributed by atoms with E-state index in [1.54, 1.807) is 0 Å². The van der Waals surface area contributed by atoms with Crippen LogP contribution in [0.25, 0.3) is 11.1 Å². The van der Waals surface area contributed by atoms with Crippen LogP contribution in [-0.2, 0) is 10.4 Å². The molecule has 1 amide bonds. The molecule has 3 aromatic rings. The lowest BCUT2D eigenvalue weighted by Crippen LogP contribution is -2.42. The monoisotopic (exact) mass is 579 g/mol. The Hall–Kier alpha value is -3.63. The van der Waals surface area contributed by atoms with Crippen molar-refractivity contribution in [3.8, 4) is 22.6 Å². The first-order chi connectivity index (χ1) is 18.8. The van der Waals surface area contributed by atoms with E-state index in [2.05, 4.69) is 5.32 Å². The van der Waals surface area contributed by atoms with Crippen molar-refractivity contribution in [3.63, 3.8) is 0 Å². The van der Waals surface area contributed by atoms with Gasteiger partial charge in [0.2, 0.25) is 0 Å². The first-order valence-electron chi connectivity index (χ1n) is 12.4. The second-order valence-electron chi connectivity index (χ2n) is 9.49. The molecule has 1 unspecified atom stereocenters. The third-order valence-electron chi connectivity index (χ3n) is 6.85. The lowest BCUT2D eigenvalue weighted by atomic mass is 9.85. The third kappa shape index (κ3) is 5.93. The molecule has 0 radical (unpaired) electrons. The molecule has 11 heteroatoms. The molecule has 1 saturated heterocycles. The summed E-state index contributed by atoms with van der Waals surface area (Å²) >= 11 is 6.21. The number of ketones is 1. The Kier molecular flexibility index (Phi) is 8.41. The van der Waals surface area contributed by atoms with Gasteiger partial charge in [0.05, 0.1) is 12.1 Å². The minimum Gasteiger partial charge on any atom is -0.496 e. The fraction of sp³-hybridized carbons (Fsp3) is 0.310. The summed E-state index contributed by atoms with van der Waals surface area (Å²) < 4.78 is 67.6. The van der Waals surface area contributed by atoms with Crippen LogP contribution >= 0.6 is 11.6 Å². The highest BCUT2D eigenvalue weighted by molar-refractivity contribution is 6.32. The minimum absolute atomic E-state index is 0.0195. The van der Waals surface area contributed by atoms with E-state index in [4.69, 9.17) is 21.1 Å². The highest BCUT2D eigenvalue weighted by Gasteiger charge is 2.55. The molecule has 1 heterocycles. The molecular weight excluding hydrogens is 554 g/mol. The van der Waals surface area contributed by atoms with Crippen LogP contribution in [0.4, 0.5) is 17.6 Å². The zero-order chi connectivity index (χ0) is 29.2. The van der Waals surface area contributed by atoms with E-state index < -0.39 is 47.9 Å². The molecule has 0 spiro atoms. The van der Waals surface area contributed by atoms with Crippen LogP contribution in [0.2, 0.25) is 5.02 Å². The SMILES string of the molecule is COc1ccc(C(O)(CCC(=O)c2ccc(O[C@H]3CCNC3=O)c(Cl)c2)C(F)(F)F)cc1-c1ccc(F)c(C)c1. The Balaban J connectivity index is 1.58. The number of aliphatic hydroxyl groups is 1. The molecule has 1 aliphatic heterocycles. The Labute approximate surface area is 232 Å². The molecule has 1 fully saturated rings. The van der Waals surface area contributed by atoms with Crippen molar-refractivity contribution >= 4 is 23.3 Å². The molecule has 2 N–H and O–H groups in total. The summed E-state index contributed by atoms with van der Waals surface area (Å²) in [6.45, 7) is 1.97. The van der Waals surface area contributed by atoms with E-state index in [9.17, 15) is 32.3 Å². The topological polar surface area (TPSA) is 84.9 Å². The van der Waals surface area contributed by atoms with Crippen LogP contribution < -0.4 is 14.8 Å². The number of aryl methyl sites for hydroxylation is 1. The Morgan fingerprint density at radius 1 is 1.10 bits per heavy atom. The highest BCUT2D eigenvalue weighted by atomic mass is 35.5. The van der Waals surface area contributed by atoms with Gasteiger partial charge in [0, 0.05) is 30.5 Å². The van der Waals surface area contributed by atoms with E-state index in [1.807, 2.05) is 0 Å². The second-order valence-corrected chi connectivity index (χ2v) is 9.90. The summed E-state index contributed by atoms with van der Waals surface area (Å²) in [5.74, 6) is -1.07. The lowest BCUT2D eigenvalue weighted by molar-refractivity contribution is -0.268.